The van der Waals surface area contributed by atoms with Crippen LogP contribution >= 0.6 is 11.3 Å². The molecule has 2 aromatic heterocycles. The zero-order valence-electron chi connectivity index (χ0n) is 9.96. The van der Waals surface area contributed by atoms with Gasteiger partial charge in [-0.1, -0.05) is 12.1 Å². The molecule has 0 N–H and O–H groups in total. The maximum Gasteiger partial charge on any atom is 0.183 e. The maximum atomic E-state index is 12.1. The third-order valence-electron chi connectivity index (χ3n) is 2.89. The van der Waals surface area contributed by atoms with Crippen LogP contribution in [0.2, 0.25) is 0 Å². The molecule has 3 nitrogen and oxygen atoms in total. The Morgan fingerprint density at radius 1 is 1.39 bits per heavy atom. The SMILES string of the molecule is Cc1cc(C(=O)Cn2cnc3ccccc32)cs1. The lowest BCUT2D eigenvalue weighted by Crippen LogP contribution is -2.08. The van der Waals surface area contributed by atoms with Crippen LogP contribution in [0.5, 0.6) is 0 Å². The summed E-state index contributed by atoms with van der Waals surface area (Å²) in [6.45, 7) is 2.35. The number of imidazole rings is 1. The van der Waals surface area contributed by atoms with Gasteiger partial charge < -0.3 is 4.57 Å². The summed E-state index contributed by atoms with van der Waals surface area (Å²) < 4.78 is 1.89. The highest BCUT2D eigenvalue weighted by molar-refractivity contribution is 7.10. The first kappa shape index (κ1) is 11.2. The molecule has 90 valence electrons. The molecular formula is C14H12N2OS. The number of hydrogen-bond donors (Lipinski definition) is 0. The predicted molar refractivity (Wildman–Crippen MR) is 73.1 cm³/mol. The summed E-state index contributed by atoms with van der Waals surface area (Å²) in [6.07, 6.45) is 1.72. The zero-order valence-corrected chi connectivity index (χ0v) is 10.8. The Morgan fingerprint density at radius 3 is 3.00 bits per heavy atom. The largest absolute Gasteiger partial charge is 0.323 e. The van der Waals surface area contributed by atoms with Crippen molar-refractivity contribution in [1.29, 1.82) is 0 Å². The molecule has 0 amide bonds. The Kier molecular flexibility index (Phi) is 2.72. The van der Waals surface area contributed by atoms with Crippen LogP contribution in [0.25, 0.3) is 11.0 Å². The number of hydrogen-bond acceptors (Lipinski definition) is 3. The van der Waals surface area contributed by atoms with Crippen LogP contribution in [0.4, 0.5) is 0 Å². The van der Waals surface area contributed by atoms with E-state index in [1.54, 1.807) is 17.7 Å². The number of rotatable bonds is 3. The first-order valence-electron chi connectivity index (χ1n) is 5.72. The summed E-state index contributed by atoms with van der Waals surface area (Å²) in [5, 5.41) is 1.91. The maximum absolute atomic E-state index is 12.1. The predicted octanol–water partition coefficient (Wildman–Crippen LogP) is 3.29. The van der Waals surface area contributed by atoms with Crippen molar-refractivity contribution in [3.05, 3.63) is 52.5 Å². The second kappa shape index (κ2) is 4.38. The number of Topliss-reactive ketones (excluding diaryl/α,β-unsaturated/α-hetero) is 1. The molecule has 0 aliphatic heterocycles. The van der Waals surface area contributed by atoms with E-state index in [-0.39, 0.29) is 5.78 Å². The van der Waals surface area contributed by atoms with Crippen molar-refractivity contribution in [3.63, 3.8) is 0 Å². The van der Waals surface area contributed by atoms with Crippen LogP contribution < -0.4 is 0 Å². The van der Waals surface area contributed by atoms with E-state index >= 15 is 0 Å². The van der Waals surface area contributed by atoms with Gasteiger partial charge in [0.05, 0.1) is 23.9 Å². The normalized spacial score (nSPS) is 10.9. The van der Waals surface area contributed by atoms with Gasteiger partial charge >= 0.3 is 0 Å². The number of para-hydroxylation sites is 2. The van der Waals surface area contributed by atoms with Gasteiger partial charge in [-0.05, 0) is 25.1 Å². The molecule has 0 fully saturated rings. The van der Waals surface area contributed by atoms with E-state index in [1.807, 2.05) is 47.2 Å². The molecule has 1 aromatic carbocycles. The molecule has 4 heteroatoms. The molecule has 0 saturated heterocycles. The first-order chi connectivity index (χ1) is 8.74. The summed E-state index contributed by atoms with van der Waals surface area (Å²) in [4.78, 5) is 17.6. The molecule has 0 saturated carbocycles. The highest BCUT2D eigenvalue weighted by Gasteiger charge is 2.10. The van der Waals surface area contributed by atoms with E-state index in [9.17, 15) is 4.79 Å². The van der Waals surface area contributed by atoms with Gasteiger partial charge in [-0.2, -0.15) is 0 Å². The Hall–Kier alpha value is -1.94. The average molecular weight is 256 g/mol. The molecule has 0 atom stereocenters. The van der Waals surface area contributed by atoms with Gasteiger partial charge in [0.25, 0.3) is 0 Å². The number of ketones is 1. The number of fused-ring (bicyclic) bond motifs is 1. The van der Waals surface area contributed by atoms with E-state index in [1.165, 1.54) is 0 Å². The van der Waals surface area contributed by atoms with Crippen molar-refractivity contribution in [1.82, 2.24) is 9.55 Å². The Balaban J connectivity index is 1.90. The smallest absolute Gasteiger partial charge is 0.183 e. The van der Waals surface area contributed by atoms with Gasteiger partial charge in [-0.15, -0.1) is 11.3 Å². The Labute approximate surface area is 109 Å². The lowest BCUT2D eigenvalue weighted by atomic mass is 10.2. The highest BCUT2D eigenvalue weighted by atomic mass is 32.1. The van der Waals surface area contributed by atoms with Crippen molar-refractivity contribution < 1.29 is 4.79 Å². The van der Waals surface area contributed by atoms with E-state index in [0.29, 0.717) is 6.54 Å². The zero-order chi connectivity index (χ0) is 12.5. The molecular weight excluding hydrogens is 244 g/mol. The summed E-state index contributed by atoms with van der Waals surface area (Å²) in [5.74, 6) is 0.127. The van der Waals surface area contributed by atoms with Crippen molar-refractivity contribution >= 4 is 28.2 Å². The quantitative estimate of drug-likeness (QED) is 0.674. The third kappa shape index (κ3) is 1.95. The minimum absolute atomic E-state index is 0.127. The second-order valence-corrected chi connectivity index (χ2v) is 5.35. The van der Waals surface area contributed by atoms with Crippen LogP contribution in [0, 0.1) is 6.92 Å². The molecule has 0 unspecified atom stereocenters. The van der Waals surface area contributed by atoms with Gasteiger partial charge in [0.2, 0.25) is 0 Å². The molecule has 0 bridgehead atoms. The second-order valence-electron chi connectivity index (χ2n) is 4.23. The highest BCUT2D eigenvalue weighted by Crippen LogP contribution is 2.16. The van der Waals surface area contributed by atoms with Gasteiger partial charge in [0.15, 0.2) is 5.78 Å². The summed E-state index contributed by atoms with van der Waals surface area (Å²) in [7, 11) is 0. The third-order valence-corrected chi connectivity index (χ3v) is 3.76. The lowest BCUT2D eigenvalue weighted by molar-refractivity contribution is 0.0974. The van der Waals surface area contributed by atoms with Crippen molar-refractivity contribution in [2.45, 2.75) is 13.5 Å². The van der Waals surface area contributed by atoms with Gasteiger partial charge in [-0.3, -0.25) is 4.79 Å². The summed E-state index contributed by atoms with van der Waals surface area (Å²) in [6, 6.07) is 9.77. The Bertz CT molecular complexity index is 711. The molecule has 0 spiro atoms. The van der Waals surface area contributed by atoms with Crippen molar-refractivity contribution in [2.75, 3.05) is 0 Å². The number of carbonyl (C=O) groups excluding carboxylic acids is 1. The van der Waals surface area contributed by atoms with Crippen LogP contribution in [0.1, 0.15) is 15.2 Å². The number of aryl methyl sites for hydroxylation is 1. The standard InChI is InChI=1S/C14H12N2OS/c1-10-6-11(8-18-10)14(17)7-16-9-15-12-4-2-3-5-13(12)16/h2-6,8-9H,7H2,1H3. The summed E-state index contributed by atoms with van der Waals surface area (Å²) in [5.41, 5.74) is 2.71. The molecule has 3 aromatic rings. The molecule has 0 aliphatic carbocycles. The molecule has 18 heavy (non-hydrogen) atoms. The van der Waals surface area contributed by atoms with Gasteiger partial charge in [0.1, 0.15) is 0 Å². The fraction of sp³-hybridized carbons (Fsp3) is 0.143. The van der Waals surface area contributed by atoms with E-state index < -0.39 is 0 Å². The Morgan fingerprint density at radius 2 is 2.22 bits per heavy atom. The van der Waals surface area contributed by atoms with E-state index in [4.69, 9.17) is 0 Å². The number of carbonyl (C=O) groups is 1. The first-order valence-corrected chi connectivity index (χ1v) is 6.60. The molecule has 2 heterocycles. The number of aromatic nitrogens is 2. The number of nitrogens with zero attached hydrogens (tertiary/aromatic N) is 2. The minimum Gasteiger partial charge on any atom is -0.323 e. The van der Waals surface area contributed by atoms with Gasteiger partial charge in [-0.25, -0.2) is 4.98 Å². The van der Waals surface area contributed by atoms with Crippen LogP contribution in [-0.2, 0) is 6.54 Å². The fourth-order valence-corrected chi connectivity index (χ4v) is 2.68. The monoisotopic (exact) mass is 256 g/mol. The number of benzene rings is 1. The van der Waals surface area contributed by atoms with Crippen LogP contribution in [0.15, 0.2) is 42.0 Å². The minimum atomic E-state index is 0.127. The van der Waals surface area contributed by atoms with Crippen molar-refractivity contribution in [3.8, 4) is 0 Å². The van der Waals surface area contributed by atoms with Crippen LogP contribution in [0.3, 0.4) is 0 Å². The molecule has 0 aliphatic rings. The number of thiophene rings is 1. The topological polar surface area (TPSA) is 34.9 Å². The van der Waals surface area contributed by atoms with E-state index in [0.717, 1.165) is 21.5 Å². The summed E-state index contributed by atoms with van der Waals surface area (Å²) >= 11 is 1.60. The molecule has 0 radical (unpaired) electrons. The lowest BCUT2D eigenvalue weighted by Gasteiger charge is -2.01. The van der Waals surface area contributed by atoms with Gasteiger partial charge in [0, 0.05) is 15.8 Å². The van der Waals surface area contributed by atoms with Crippen LogP contribution in [-0.4, -0.2) is 15.3 Å². The van der Waals surface area contributed by atoms with Crippen molar-refractivity contribution in [2.24, 2.45) is 0 Å². The average Bonchev–Trinajstić information content (AvgIpc) is 2.97. The fourth-order valence-electron chi connectivity index (χ4n) is 1.97. The van der Waals surface area contributed by atoms with E-state index in [2.05, 4.69) is 4.98 Å². The molecule has 3 rings (SSSR count).